The van der Waals surface area contributed by atoms with Crippen LogP contribution < -0.4 is 16.2 Å². The second-order valence-electron chi connectivity index (χ2n) is 8.80. The van der Waals surface area contributed by atoms with Gasteiger partial charge in [0.15, 0.2) is 5.16 Å². The number of hydrogen-bond donors (Lipinski definition) is 2. The highest BCUT2D eigenvalue weighted by atomic mass is 32.2. The molecule has 3 aromatic rings. The van der Waals surface area contributed by atoms with E-state index < -0.39 is 11.9 Å². The van der Waals surface area contributed by atoms with Gasteiger partial charge in [0.2, 0.25) is 5.91 Å². The maximum atomic E-state index is 13.8. The predicted octanol–water partition coefficient (Wildman–Crippen LogP) is 4.02. The predicted molar refractivity (Wildman–Crippen MR) is 132 cm³/mol. The molecule has 0 spiro atoms. The molecule has 2 aliphatic carbocycles. The van der Waals surface area contributed by atoms with Gasteiger partial charge in [-0.2, -0.15) is 0 Å². The number of hydrogen-bond acceptors (Lipinski definition) is 6. The van der Waals surface area contributed by atoms with Crippen LogP contribution >= 0.6 is 23.1 Å². The van der Waals surface area contributed by atoms with Crippen LogP contribution in [0.5, 0.6) is 0 Å². The minimum Gasteiger partial charge on any atom is -0.335 e. The Morgan fingerprint density at radius 3 is 2.76 bits per heavy atom. The minimum absolute atomic E-state index is 0.00790. The number of benzene rings is 1. The normalized spacial score (nSPS) is 15.3. The Balaban J connectivity index is 1.52. The van der Waals surface area contributed by atoms with E-state index in [1.54, 1.807) is 15.9 Å². The van der Waals surface area contributed by atoms with Gasteiger partial charge in [-0.25, -0.2) is 9.78 Å². The fraction of sp³-hybridized carbons (Fsp3) is 0.417. The molecule has 1 aromatic carbocycles. The quantitative estimate of drug-likeness (QED) is 0.423. The Bertz CT molecular complexity index is 1320. The van der Waals surface area contributed by atoms with Gasteiger partial charge in [-0.3, -0.25) is 19.5 Å². The average Bonchev–Trinajstić information content (AvgIpc) is 3.49. The van der Waals surface area contributed by atoms with Crippen molar-refractivity contribution in [2.45, 2.75) is 63.6 Å². The topological polar surface area (TPSA) is 93.1 Å². The average molecular weight is 483 g/mol. The standard InChI is InChI=1S/C24H26N4O3S2/c1-13-7-10-17(14(2)11-13)28-22(30)20-16-5-3-4-6-18(16)33-21(20)27-24(28)32-12-19(29)26-23(31)25-15-8-9-15/h7,10-11,15H,3-6,8-9,12H2,1-2H3,(H2,25,26,29,31). The SMILES string of the molecule is Cc1ccc(-n2c(SCC(=O)NC(=O)NC3CC3)nc3sc4c(c3c2=O)CCCC4)c(C)c1. The molecule has 0 atom stereocenters. The third kappa shape index (κ3) is 4.56. The van der Waals surface area contributed by atoms with Crippen molar-refractivity contribution in [2.75, 3.05) is 5.75 Å². The number of aryl methyl sites for hydroxylation is 4. The molecule has 0 saturated heterocycles. The third-order valence-electron chi connectivity index (χ3n) is 6.05. The number of fused-ring (bicyclic) bond motifs is 3. The molecule has 3 amide bonds. The number of nitrogens with one attached hydrogen (secondary N) is 2. The summed E-state index contributed by atoms with van der Waals surface area (Å²) in [5.41, 5.74) is 3.91. The van der Waals surface area contributed by atoms with Crippen LogP contribution in [0.15, 0.2) is 28.2 Å². The van der Waals surface area contributed by atoms with Crippen LogP contribution in [-0.4, -0.2) is 33.3 Å². The summed E-state index contributed by atoms with van der Waals surface area (Å²) in [6, 6.07) is 5.66. The molecular weight excluding hydrogens is 456 g/mol. The van der Waals surface area contributed by atoms with Crippen LogP contribution in [0, 0.1) is 13.8 Å². The molecule has 2 aliphatic rings. The van der Waals surface area contributed by atoms with Gasteiger partial charge >= 0.3 is 6.03 Å². The van der Waals surface area contributed by atoms with E-state index in [2.05, 4.69) is 10.6 Å². The highest BCUT2D eigenvalue weighted by molar-refractivity contribution is 7.99. The van der Waals surface area contributed by atoms with Crippen molar-refractivity contribution in [3.8, 4) is 5.69 Å². The Hall–Kier alpha value is -2.65. The third-order valence-corrected chi connectivity index (χ3v) is 8.17. The highest BCUT2D eigenvalue weighted by Gasteiger charge is 2.25. The van der Waals surface area contributed by atoms with Crippen molar-refractivity contribution in [1.82, 2.24) is 20.2 Å². The van der Waals surface area contributed by atoms with Crippen LogP contribution in [0.1, 0.15) is 47.3 Å². The molecule has 0 radical (unpaired) electrons. The van der Waals surface area contributed by atoms with Crippen LogP contribution in [0.2, 0.25) is 0 Å². The first kappa shape index (κ1) is 22.2. The fourth-order valence-electron chi connectivity index (χ4n) is 4.29. The number of imide groups is 1. The van der Waals surface area contributed by atoms with Gasteiger partial charge in [-0.15, -0.1) is 11.3 Å². The first-order valence-electron chi connectivity index (χ1n) is 11.3. The molecule has 5 rings (SSSR count). The molecule has 0 unspecified atom stereocenters. The van der Waals surface area contributed by atoms with Crippen molar-refractivity contribution in [3.63, 3.8) is 0 Å². The first-order chi connectivity index (χ1) is 15.9. The second kappa shape index (κ2) is 8.95. The molecule has 33 heavy (non-hydrogen) atoms. The summed E-state index contributed by atoms with van der Waals surface area (Å²) in [4.78, 5) is 45.0. The van der Waals surface area contributed by atoms with Gasteiger partial charge in [-0.05, 0) is 69.6 Å². The molecule has 2 heterocycles. The minimum atomic E-state index is -0.468. The lowest BCUT2D eigenvalue weighted by molar-refractivity contribution is -0.117. The van der Waals surface area contributed by atoms with E-state index >= 15 is 0 Å². The number of carbonyl (C=O) groups is 2. The summed E-state index contributed by atoms with van der Waals surface area (Å²) in [6.07, 6.45) is 6.02. The van der Waals surface area contributed by atoms with Gasteiger partial charge in [0.25, 0.3) is 5.56 Å². The molecule has 1 fully saturated rings. The van der Waals surface area contributed by atoms with Crippen LogP contribution in [0.25, 0.3) is 15.9 Å². The summed E-state index contributed by atoms with van der Waals surface area (Å²) in [7, 11) is 0. The Morgan fingerprint density at radius 2 is 2.00 bits per heavy atom. The molecule has 172 valence electrons. The van der Waals surface area contributed by atoms with Gasteiger partial charge in [0, 0.05) is 10.9 Å². The van der Waals surface area contributed by atoms with Crippen molar-refractivity contribution < 1.29 is 9.59 Å². The molecule has 0 bridgehead atoms. The van der Waals surface area contributed by atoms with E-state index in [9.17, 15) is 14.4 Å². The van der Waals surface area contributed by atoms with E-state index in [-0.39, 0.29) is 17.4 Å². The van der Waals surface area contributed by atoms with E-state index in [0.717, 1.165) is 65.7 Å². The van der Waals surface area contributed by atoms with E-state index in [1.165, 1.54) is 16.6 Å². The molecule has 7 nitrogen and oxygen atoms in total. The molecule has 2 aromatic heterocycles. The summed E-state index contributed by atoms with van der Waals surface area (Å²) in [6.45, 7) is 3.99. The largest absolute Gasteiger partial charge is 0.335 e. The molecule has 1 saturated carbocycles. The number of carbonyl (C=O) groups excluding carboxylic acids is 2. The zero-order chi connectivity index (χ0) is 23.1. The number of aromatic nitrogens is 2. The maximum Gasteiger partial charge on any atom is 0.321 e. The smallest absolute Gasteiger partial charge is 0.321 e. The summed E-state index contributed by atoms with van der Waals surface area (Å²) < 4.78 is 1.64. The Morgan fingerprint density at radius 1 is 1.21 bits per heavy atom. The molecular formula is C24H26N4O3S2. The van der Waals surface area contributed by atoms with Gasteiger partial charge in [0.1, 0.15) is 4.83 Å². The monoisotopic (exact) mass is 482 g/mol. The lowest BCUT2D eigenvalue weighted by Crippen LogP contribution is -2.41. The van der Waals surface area contributed by atoms with Gasteiger partial charge in [0.05, 0.1) is 16.8 Å². The number of thioether (sulfide) groups is 1. The summed E-state index contributed by atoms with van der Waals surface area (Å²) in [5, 5.41) is 6.30. The Labute approximate surface area is 200 Å². The molecule has 0 aliphatic heterocycles. The number of urea groups is 1. The lowest BCUT2D eigenvalue weighted by atomic mass is 9.97. The maximum absolute atomic E-state index is 13.8. The van der Waals surface area contributed by atoms with Gasteiger partial charge in [-0.1, -0.05) is 29.5 Å². The fourth-order valence-corrected chi connectivity index (χ4v) is 6.40. The number of thiophene rings is 1. The second-order valence-corrected chi connectivity index (χ2v) is 10.8. The van der Waals surface area contributed by atoms with Crippen molar-refractivity contribution >= 4 is 45.3 Å². The Kier molecular flexibility index (Phi) is 6.01. The van der Waals surface area contributed by atoms with Gasteiger partial charge < -0.3 is 5.32 Å². The van der Waals surface area contributed by atoms with E-state index in [1.807, 2.05) is 32.0 Å². The van der Waals surface area contributed by atoms with Crippen LogP contribution in [0.3, 0.4) is 0 Å². The highest BCUT2D eigenvalue weighted by Crippen LogP contribution is 2.35. The zero-order valence-electron chi connectivity index (χ0n) is 18.7. The first-order valence-corrected chi connectivity index (χ1v) is 13.1. The number of rotatable bonds is 5. The zero-order valence-corrected chi connectivity index (χ0v) is 20.3. The van der Waals surface area contributed by atoms with Crippen molar-refractivity contribution in [3.05, 3.63) is 50.1 Å². The number of nitrogens with zero attached hydrogens (tertiary/aromatic N) is 2. The van der Waals surface area contributed by atoms with Crippen molar-refractivity contribution in [2.24, 2.45) is 0 Å². The number of amides is 3. The van der Waals surface area contributed by atoms with Crippen LogP contribution in [-0.2, 0) is 17.6 Å². The van der Waals surface area contributed by atoms with E-state index in [0.29, 0.717) is 10.5 Å². The summed E-state index contributed by atoms with van der Waals surface area (Å²) >= 11 is 2.78. The molecule has 2 N–H and O–H groups in total. The molecule has 9 heteroatoms. The van der Waals surface area contributed by atoms with E-state index in [4.69, 9.17) is 4.98 Å². The van der Waals surface area contributed by atoms with Crippen molar-refractivity contribution in [1.29, 1.82) is 0 Å². The summed E-state index contributed by atoms with van der Waals surface area (Å²) in [5.74, 6) is -0.420. The lowest BCUT2D eigenvalue weighted by Gasteiger charge is -2.15. The van der Waals surface area contributed by atoms with Crippen LogP contribution in [0.4, 0.5) is 4.79 Å².